The molecule has 2 nitrogen and oxygen atoms in total. The van der Waals surface area contributed by atoms with Crippen molar-refractivity contribution >= 4 is 5.78 Å². The van der Waals surface area contributed by atoms with Crippen LogP contribution >= 0.6 is 0 Å². The molecule has 0 spiro atoms. The van der Waals surface area contributed by atoms with Crippen molar-refractivity contribution in [3.05, 3.63) is 0 Å². The lowest BCUT2D eigenvalue weighted by Crippen LogP contribution is -2.26. The van der Waals surface area contributed by atoms with Crippen LogP contribution in [0.25, 0.3) is 0 Å². The molecule has 0 amide bonds. The highest BCUT2D eigenvalue weighted by Gasteiger charge is 2.42. The van der Waals surface area contributed by atoms with Crippen molar-refractivity contribution in [2.24, 2.45) is 17.3 Å². The van der Waals surface area contributed by atoms with E-state index in [0.717, 1.165) is 19.4 Å². The minimum absolute atomic E-state index is 0.0536. The Morgan fingerprint density at radius 1 is 1.30 bits per heavy atom. The average molecular weight is 286 g/mol. The van der Waals surface area contributed by atoms with Gasteiger partial charge in [0.05, 0.1) is 0 Å². The number of ketones is 1. The summed E-state index contributed by atoms with van der Waals surface area (Å²) in [7, 11) is 1.98. The van der Waals surface area contributed by atoms with E-state index in [1.807, 2.05) is 20.9 Å². The second-order valence-corrected chi connectivity index (χ2v) is 6.32. The van der Waals surface area contributed by atoms with Crippen LogP contribution in [0.5, 0.6) is 0 Å². The van der Waals surface area contributed by atoms with Crippen LogP contribution in [0, 0.1) is 17.3 Å². The van der Waals surface area contributed by atoms with Crippen molar-refractivity contribution < 1.29 is 4.79 Å². The first-order valence-corrected chi connectivity index (χ1v) is 8.59. The molecule has 0 aliphatic heterocycles. The smallest absolute Gasteiger partial charge is 0.141 e. The maximum Gasteiger partial charge on any atom is 0.141 e. The number of Topliss-reactive ketones (excluding diaryl/α,β-unsaturated/α-hetero) is 1. The quantitative estimate of drug-likeness (QED) is 0.714. The summed E-state index contributed by atoms with van der Waals surface area (Å²) in [6, 6.07) is 0. The molecule has 20 heavy (non-hydrogen) atoms. The van der Waals surface area contributed by atoms with Crippen LogP contribution in [0.4, 0.5) is 0 Å². The third-order valence-corrected chi connectivity index (χ3v) is 3.86. The molecule has 2 atom stereocenters. The van der Waals surface area contributed by atoms with Crippen molar-refractivity contribution in [2.75, 3.05) is 13.6 Å². The Bertz CT molecular complexity index is 236. The van der Waals surface area contributed by atoms with Gasteiger partial charge in [-0.15, -0.1) is 0 Å². The lowest BCUT2D eigenvalue weighted by Gasteiger charge is -2.20. The van der Waals surface area contributed by atoms with Gasteiger partial charge in [-0.1, -0.05) is 54.9 Å². The second kappa shape index (κ2) is 12.4. The average Bonchev–Trinajstić information content (AvgIpc) is 2.68. The Morgan fingerprint density at radius 3 is 2.15 bits per heavy atom. The van der Waals surface area contributed by atoms with Gasteiger partial charge in [0.2, 0.25) is 0 Å². The molecule has 2 heteroatoms. The summed E-state index contributed by atoms with van der Waals surface area (Å²) in [5.41, 5.74) is -0.0536. The van der Waals surface area contributed by atoms with Gasteiger partial charge in [0.15, 0.2) is 0 Å². The third kappa shape index (κ3) is 8.04. The van der Waals surface area contributed by atoms with E-state index in [1.54, 1.807) is 0 Å². The van der Waals surface area contributed by atoms with Crippen LogP contribution in [0.1, 0.15) is 80.6 Å². The van der Waals surface area contributed by atoms with Gasteiger partial charge < -0.3 is 5.32 Å². The molecule has 1 aliphatic carbocycles. The zero-order valence-corrected chi connectivity index (χ0v) is 15.3. The summed E-state index contributed by atoms with van der Waals surface area (Å²) in [6.07, 6.45) is 5.79. The van der Waals surface area contributed by atoms with Gasteiger partial charge in [0.1, 0.15) is 5.78 Å². The Morgan fingerprint density at radius 2 is 1.80 bits per heavy atom. The van der Waals surface area contributed by atoms with Crippen LogP contribution in [0.3, 0.4) is 0 Å². The maximum absolute atomic E-state index is 12.1. The molecule has 0 bridgehead atoms. The van der Waals surface area contributed by atoms with Crippen molar-refractivity contribution in [1.29, 1.82) is 0 Å². The van der Waals surface area contributed by atoms with Crippen LogP contribution < -0.4 is 5.32 Å². The maximum atomic E-state index is 12.1. The van der Waals surface area contributed by atoms with Crippen LogP contribution in [0.2, 0.25) is 0 Å². The highest BCUT2D eigenvalue weighted by molar-refractivity contribution is 5.88. The third-order valence-electron chi connectivity index (χ3n) is 3.86. The molecule has 0 radical (unpaired) electrons. The molecule has 0 aromatic rings. The van der Waals surface area contributed by atoms with Crippen molar-refractivity contribution in [3.63, 3.8) is 0 Å². The van der Waals surface area contributed by atoms with E-state index in [2.05, 4.69) is 39.9 Å². The molecule has 1 rings (SSSR count). The fraction of sp³-hybridized carbons (Fsp3) is 0.944. The van der Waals surface area contributed by atoms with E-state index in [4.69, 9.17) is 0 Å². The zero-order valence-electron chi connectivity index (χ0n) is 15.3. The topological polar surface area (TPSA) is 29.1 Å². The van der Waals surface area contributed by atoms with Gasteiger partial charge in [-0.25, -0.2) is 0 Å². The lowest BCUT2D eigenvalue weighted by molar-refractivity contribution is -0.128. The van der Waals surface area contributed by atoms with Crippen LogP contribution in [-0.4, -0.2) is 19.4 Å². The zero-order chi connectivity index (χ0) is 16.2. The van der Waals surface area contributed by atoms with E-state index < -0.39 is 0 Å². The number of rotatable bonds is 5. The van der Waals surface area contributed by atoms with E-state index in [0.29, 0.717) is 17.6 Å². The molecule has 122 valence electrons. The molecule has 1 fully saturated rings. The van der Waals surface area contributed by atoms with E-state index in [-0.39, 0.29) is 5.41 Å². The Labute approximate surface area is 128 Å². The lowest BCUT2D eigenvalue weighted by atomic mass is 9.83. The summed E-state index contributed by atoms with van der Waals surface area (Å²) in [6.45, 7) is 15.7. The second-order valence-electron chi connectivity index (χ2n) is 6.32. The SMILES string of the molecule is CC.CCC.CNCCCC(C)C1CCC(C)(C)C1=O. The summed E-state index contributed by atoms with van der Waals surface area (Å²) >= 11 is 0. The summed E-state index contributed by atoms with van der Waals surface area (Å²) in [5.74, 6) is 1.39. The number of hydrogen-bond donors (Lipinski definition) is 1. The van der Waals surface area contributed by atoms with E-state index in [9.17, 15) is 4.79 Å². The largest absolute Gasteiger partial charge is 0.320 e. The van der Waals surface area contributed by atoms with Gasteiger partial charge in [-0.05, 0) is 45.2 Å². The minimum atomic E-state index is -0.0536. The van der Waals surface area contributed by atoms with Gasteiger partial charge in [0, 0.05) is 11.3 Å². The van der Waals surface area contributed by atoms with Gasteiger partial charge in [-0.2, -0.15) is 0 Å². The summed E-state index contributed by atoms with van der Waals surface area (Å²) in [5, 5.41) is 3.16. The number of carbonyl (C=O) groups is 1. The standard InChI is InChI=1S/C13H25NO.C3H8.C2H6/c1-10(6-5-9-14-4)11-7-8-13(2,3)12(11)15;1-3-2;1-2/h10-11,14H,5-9H2,1-4H3;3H2,1-2H3;1-2H3. The molecular formula is C18H39NO. The molecule has 0 heterocycles. The van der Waals surface area contributed by atoms with Gasteiger partial charge >= 0.3 is 0 Å². The molecule has 0 saturated heterocycles. The number of nitrogens with one attached hydrogen (secondary N) is 1. The fourth-order valence-electron chi connectivity index (χ4n) is 2.62. The first-order valence-electron chi connectivity index (χ1n) is 8.59. The number of carbonyl (C=O) groups excluding carboxylic acids is 1. The van der Waals surface area contributed by atoms with Crippen molar-refractivity contribution in [3.8, 4) is 0 Å². The summed E-state index contributed by atoms with van der Waals surface area (Å²) < 4.78 is 0. The molecule has 0 aromatic carbocycles. The summed E-state index contributed by atoms with van der Waals surface area (Å²) in [4.78, 5) is 12.1. The van der Waals surface area contributed by atoms with E-state index in [1.165, 1.54) is 19.3 Å². The van der Waals surface area contributed by atoms with Crippen LogP contribution in [-0.2, 0) is 4.79 Å². The fourth-order valence-corrected chi connectivity index (χ4v) is 2.62. The normalized spacial score (nSPS) is 21.4. The van der Waals surface area contributed by atoms with Crippen LogP contribution in [0.15, 0.2) is 0 Å². The highest BCUT2D eigenvalue weighted by Crippen LogP contribution is 2.41. The minimum Gasteiger partial charge on any atom is -0.320 e. The molecule has 0 aromatic heterocycles. The highest BCUT2D eigenvalue weighted by atomic mass is 16.1. The van der Waals surface area contributed by atoms with Crippen molar-refractivity contribution in [1.82, 2.24) is 5.32 Å². The monoisotopic (exact) mass is 285 g/mol. The molecule has 2 unspecified atom stereocenters. The molecular weight excluding hydrogens is 246 g/mol. The Kier molecular flexibility index (Phi) is 13.6. The predicted molar refractivity (Wildman–Crippen MR) is 91.1 cm³/mol. The Hall–Kier alpha value is -0.370. The first kappa shape index (κ1) is 21.9. The van der Waals surface area contributed by atoms with Crippen molar-refractivity contribution in [2.45, 2.75) is 80.6 Å². The van der Waals surface area contributed by atoms with Gasteiger partial charge in [-0.3, -0.25) is 4.79 Å². The van der Waals surface area contributed by atoms with Gasteiger partial charge in [0.25, 0.3) is 0 Å². The van der Waals surface area contributed by atoms with E-state index >= 15 is 0 Å². The predicted octanol–water partition coefficient (Wildman–Crippen LogP) is 5.07. The molecule has 1 aliphatic rings. The first-order chi connectivity index (χ1) is 9.40. The number of hydrogen-bond acceptors (Lipinski definition) is 2. The Balaban J connectivity index is 0. The molecule has 1 N–H and O–H groups in total. The molecule has 1 saturated carbocycles.